The van der Waals surface area contributed by atoms with Crippen molar-refractivity contribution in [2.45, 2.75) is 46.2 Å². The van der Waals surface area contributed by atoms with Gasteiger partial charge in [-0.2, -0.15) is 5.10 Å². The van der Waals surface area contributed by atoms with Gasteiger partial charge in [0.05, 0.1) is 6.20 Å². The minimum Gasteiger partial charge on any atom is -0.310 e. The lowest BCUT2D eigenvalue weighted by molar-refractivity contribution is 0.571. The van der Waals surface area contributed by atoms with Crippen LogP contribution in [0, 0.1) is 0 Å². The van der Waals surface area contributed by atoms with E-state index < -0.39 is 0 Å². The number of rotatable bonds is 7. The Hall–Kier alpha value is -1.61. The predicted molar refractivity (Wildman–Crippen MR) is 84.7 cm³/mol. The molecule has 0 radical (unpaired) electrons. The fourth-order valence-corrected chi connectivity index (χ4v) is 2.33. The third-order valence-corrected chi connectivity index (χ3v) is 3.51. The first-order chi connectivity index (χ1) is 9.74. The van der Waals surface area contributed by atoms with Crippen LogP contribution in [0.3, 0.4) is 0 Å². The summed E-state index contributed by atoms with van der Waals surface area (Å²) in [6.07, 6.45) is 6.36. The van der Waals surface area contributed by atoms with Crippen molar-refractivity contribution >= 4 is 0 Å². The molecule has 0 aliphatic rings. The molecule has 0 saturated carbocycles. The summed E-state index contributed by atoms with van der Waals surface area (Å²) in [6.45, 7) is 8.62. The second-order valence-electron chi connectivity index (χ2n) is 5.29. The summed E-state index contributed by atoms with van der Waals surface area (Å²) < 4.78 is 2.01. The van der Waals surface area contributed by atoms with E-state index in [9.17, 15) is 0 Å². The molecule has 0 saturated heterocycles. The van der Waals surface area contributed by atoms with Gasteiger partial charge in [0, 0.05) is 24.3 Å². The van der Waals surface area contributed by atoms with E-state index in [-0.39, 0.29) is 0 Å². The molecule has 108 valence electrons. The molecule has 1 N–H and O–H groups in total. The van der Waals surface area contributed by atoms with Crippen LogP contribution in [-0.2, 0) is 6.54 Å². The Balaban J connectivity index is 2.15. The minimum atomic E-state index is 0.389. The van der Waals surface area contributed by atoms with Gasteiger partial charge in [0.2, 0.25) is 0 Å². The highest BCUT2D eigenvalue weighted by atomic mass is 15.3. The van der Waals surface area contributed by atoms with Crippen LogP contribution in [0.4, 0.5) is 0 Å². The number of nitrogens with one attached hydrogen (secondary N) is 1. The standard InChI is InChI=1S/C17H25N3/c1-4-9-18-14(3)15-7-6-8-16(11-15)17-12-19-20(13-17)10-5-2/h6-8,11-14,18H,4-5,9-10H2,1-3H3. The van der Waals surface area contributed by atoms with Crippen LogP contribution in [0.15, 0.2) is 36.7 Å². The number of hydrogen-bond donors (Lipinski definition) is 1. The van der Waals surface area contributed by atoms with Gasteiger partial charge < -0.3 is 5.32 Å². The van der Waals surface area contributed by atoms with Gasteiger partial charge in [-0.05, 0) is 43.5 Å². The summed E-state index contributed by atoms with van der Waals surface area (Å²) in [5.74, 6) is 0. The van der Waals surface area contributed by atoms with Crippen molar-refractivity contribution in [3.8, 4) is 11.1 Å². The van der Waals surface area contributed by atoms with Crippen molar-refractivity contribution < 1.29 is 0 Å². The van der Waals surface area contributed by atoms with Crippen LogP contribution in [-0.4, -0.2) is 16.3 Å². The SMILES string of the molecule is CCCNC(C)c1cccc(-c2cnn(CCC)c2)c1. The Bertz CT molecular complexity index is 531. The molecule has 0 aliphatic carbocycles. The third kappa shape index (κ3) is 3.70. The fourth-order valence-electron chi connectivity index (χ4n) is 2.33. The molecular weight excluding hydrogens is 246 g/mol. The lowest BCUT2D eigenvalue weighted by Gasteiger charge is -2.14. The minimum absolute atomic E-state index is 0.389. The summed E-state index contributed by atoms with van der Waals surface area (Å²) in [5, 5.41) is 7.94. The molecule has 1 aromatic carbocycles. The second kappa shape index (κ2) is 7.25. The van der Waals surface area contributed by atoms with Crippen molar-refractivity contribution in [1.82, 2.24) is 15.1 Å². The van der Waals surface area contributed by atoms with E-state index in [1.165, 1.54) is 16.7 Å². The average Bonchev–Trinajstić information content (AvgIpc) is 2.94. The van der Waals surface area contributed by atoms with Gasteiger partial charge >= 0.3 is 0 Å². The maximum atomic E-state index is 4.41. The van der Waals surface area contributed by atoms with Crippen LogP contribution >= 0.6 is 0 Å². The average molecular weight is 271 g/mol. The number of benzene rings is 1. The zero-order chi connectivity index (χ0) is 14.4. The van der Waals surface area contributed by atoms with Crippen LogP contribution in [0.25, 0.3) is 11.1 Å². The molecule has 1 atom stereocenters. The Morgan fingerprint density at radius 1 is 1.20 bits per heavy atom. The summed E-state index contributed by atoms with van der Waals surface area (Å²) in [7, 11) is 0. The Morgan fingerprint density at radius 2 is 2.05 bits per heavy atom. The van der Waals surface area contributed by atoms with Crippen LogP contribution in [0.2, 0.25) is 0 Å². The molecule has 2 rings (SSSR count). The van der Waals surface area contributed by atoms with Crippen molar-refractivity contribution in [3.63, 3.8) is 0 Å². The largest absolute Gasteiger partial charge is 0.310 e. The molecule has 1 unspecified atom stereocenters. The van der Waals surface area contributed by atoms with E-state index in [0.29, 0.717) is 6.04 Å². The van der Waals surface area contributed by atoms with Crippen molar-refractivity contribution in [1.29, 1.82) is 0 Å². The molecule has 0 fully saturated rings. The van der Waals surface area contributed by atoms with E-state index in [2.05, 4.69) is 61.6 Å². The molecular formula is C17H25N3. The summed E-state index contributed by atoms with van der Waals surface area (Å²) in [4.78, 5) is 0. The molecule has 0 amide bonds. The van der Waals surface area contributed by atoms with Gasteiger partial charge in [0.25, 0.3) is 0 Å². The van der Waals surface area contributed by atoms with Gasteiger partial charge in [0.1, 0.15) is 0 Å². The highest BCUT2D eigenvalue weighted by Gasteiger charge is 2.07. The first-order valence-electron chi connectivity index (χ1n) is 7.60. The number of aromatic nitrogens is 2. The van der Waals surface area contributed by atoms with Crippen LogP contribution in [0.1, 0.15) is 45.2 Å². The number of nitrogens with zero attached hydrogens (tertiary/aromatic N) is 2. The van der Waals surface area contributed by atoms with E-state index in [0.717, 1.165) is 25.9 Å². The Kier molecular flexibility index (Phi) is 5.36. The number of aryl methyl sites for hydroxylation is 1. The quantitative estimate of drug-likeness (QED) is 0.824. The second-order valence-corrected chi connectivity index (χ2v) is 5.29. The number of hydrogen-bond acceptors (Lipinski definition) is 2. The van der Waals surface area contributed by atoms with Gasteiger partial charge in [0.15, 0.2) is 0 Å². The molecule has 2 aromatic rings. The summed E-state index contributed by atoms with van der Waals surface area (Å²) >= 11 is 0. The molecule has 20 heavy (non-hydrogen) atoms. The van der Waals surface area contributed by atoms with E-state index in [1.54, 1.807) is 0 Å². The maximum absolute atomic E-state index is 4.41. The van der Waals surface area contributed by atoms with Gasteiger partial charge in [-0.1, -0.05) is 32.0 Å². The summed E-state index contributed by atoms with van der Waals surface area (Å²) in [6, 6.07) is 9.13. The van der Waals surface area contributed by atoms with Gasteiger partial charge in [-0.15, -0.1) is 0 Å². The van der Waals surface area contributed by atoms with Crippen LogP contribution in [0.5, 0.6) is 0 Å². The van der Waals surface area contributed by atoms with Crippen molar-refractivity contribution in [3.05, 3.63) is 42.2 Å². The zero-order valence-electron chi connectivity index (χ0n) is 12.8. The van der Waals surface area contributed by atoms with Crippen molar-refractivity contribution in [2.75, 3.05) is 6.54 Å². The molecule has 0 bridgehead atoms. The monoisotopic (exact) mass is 271 g/mol. The predicted octanol–water partition coefficient (Wildman–Crippen LogP) is 4.02. The lowest BCUT2D eigenvalue weighted by Crippen LogP contribution is -2.19. The van der Waals surface area contributed by atoms with Gasteiger partial charge in [-0.25, -0.2) is 0 Å². The highest BCUT2D eigenvalue weighted by molar-refractivity contribution is 5.62. The van der Waals surface area contributed by atoms with Gasteiger partial charge in [-0.3, -0.25) is 4.68 Å². The Morgan fingerprint density at radius 3 is 2.80 bits per heavy atom. The first kappa shape index (κ1) is 14.8. The molecule has 0 spiro atoms. The topological polar surface area (TPSA) is 29.9 Å². The summed E-state index contributed by atoms with van der Waals surface area (Å²) in [5.41, 5.74) is 3.78. The third-order valence-electron chi connectivity index (χ3n) is 3.51. The molecule has 0 aliphatic heterocycles. The normalized spacial score (nSPS) is 12.6. The molecule has 3 nitrogen and oxygen atoms in total. The maximum Gasteiger partial charge on any atom is 0.0568 e. The highest BCUT2D eigenvalue weighted by Crippen LogP contribution is 2.23. The lowest BCUT2D eigenvalue weighted by atomic mass is 10.0. The van der Waals surface area contributed by atoms with E-state index in [1.807, 2.05) is 10.9 Å². The smallest absolute Gasteiger partial charge is 0.0568 e. The fraction of sp³-hybridized carbons (Fsp3) is 0.471. The van der Waals surface area contributed by atoms with E-state index >= 15 is 0 Å². The Labute approximate surface area is 122 Å². The van der Waals surface area contributed by atoms with Crippen molar-refractivity contribution in [2.24, 2.45) is 0 Å². The molecule has 1 heterocycles. The first-order valence-corrected chi connectivity index (χ1v) is 7.60. The molecule has 3 heteroatoms. The zero-order valence-corrected chi connectivity index (χ0v) is 12.8. The van der Waals surface area contributed by atoms with Crippen LogP contribution < -0.4 is 5.32 Å². The molecule has 1 aromatic heterocycles. The van der Waals surface area contributed by atoms with E-state index in [4.69, 9.17) is 0 Å².